The van der Waals surface area contributed by atoms with E-state index in [9.17, 15) is 4.79 Å². The van der Waals surface area contributed by atoms with Crippen molar-refractivity contribution in [2.24, 2.45) is 0 Å². The number of halogens is 1. The molecule has 128 valence electrons. The second-order valence-electron chi connectivity index (χ2n) is 5.63. The van der Waals surface area contributed by atoms with Crippen LogP contribution in [0.2, 0.25) is 5.02 Å². The van der Waals surface area contributed by atoms with Crippen molar-refractivity contribution in [1.29, 1.82) is 0 Å². The van der Waals surface area contributed by atoms with Crippen molar-refractivity contribution in [3.05, 3.63) is 71.4 Å². The highest BCUT2D eigenvalue weighted by Gasteiger charge is 2.18. The number of benzene rings is 2. The summed E-state index contributed by atoms with van der Waals surface area (Å²) in [6.45, 7) is 3.57. The Kier molecular flexibility index (Phi) is 5.05. The fourth-order valence-electron chi connectivity index (χ4n) is 2.38. The number of amides is 1. The van der Waals surface area contributed by atoms with Gasteiger partial charge in [-0.1, -0.05) is 35.9 Å². The third-order valence-electron chi connectivity index (χ3n) is 3.56. The van der Waals surface area contributed by atoms with Gasteiger partial charge in [0.25, 0.3) is 5.91 Å². The van der Waals surface area contributed by atoms with Gasteiger partial charge in [0.15, 0.2) is 6.10 Å². The molecule has 1 N–H and O–H groups in total. The molecule has 1 aromatic heterocycles. The first-order valence-electron chi connectivity index (χ1n) is 7.88. The maximum absolute atomic E-state index is 12.5. The van der Waals surface area contributed by atoms with E-state index < -0.39 is 6.10 Å². The number of carbonyl (C=O) groups excluding carboxylic acids is 1. The summed E-state index contributed by atoms with van der Waals surface area (Å²) in [7, 11) is 0. The van der Waals surface area contributed by atoms with Gasteiger partial charge in [0.05, 0.1) is 11.4 Å². The Hall–Kier alpha value is -2.79. The molecule has 25 heavy (non-hydrogen) atoms. The number of anilines is 1. The number of hydrogen-bond acceptors (Lipinski definition) is 3. The molecule has 1 atom stereocenters. The highest BCUT2D eigenvalue weighted by Crippen LogP contribution is 2.20. The van der Waals surface area contributed by atoms with E-state index in [0.29, 0.717) is 16.6 Å². The molecule has 1 heterocycles. The van der Waals surface area contributed by atoms with Crippen molar-refractivity contribution < 1.29 is 9.53 Å². The van der Waals surface area contributed by atoms with Crippen molar-refractivity contribution in [2.75, 3.05) is 5.32 Å². The maximum atomic E-state index is 12.5. The van der Waals surface area contributed by atoms with E-state index in [1.807, 2.05) is 49.4 Å². The minimum Gasteiger partial charge on any atom is -0.481 e. The largest absolute Gasteiger partial charge is 0.481 e. The Bertz CT molecular complexity index is 877. The lowest BCUT2D eigenvalue weighted by molar-refractivity contribution is -0.122. The van der Waals surface area contributed by atoms with Crippen molar-refractivity contribution in [2.45, 2.75) is 20.0 Å². The molecule has 5 nitrogen and oxygen atoms in total. The lowest BCUT2D eigenvalue weighted by Gasteiger charge is -2.15. The van der Waals surface area contributed by atoms with Crippen LogP contribution in [0, 0.1) is 6.92 Å². The molecular weight excluding hydrogens is 338 g/mol. The average Bonchev–Trinajstić information content (AvgIpc) is 2.96. The second kappa shape index (κ2) is 7.40. The van der Waals surface area contributed by atoms with E-state index in [0.717, 1.165) is 11.4 Å². The van der Waals surface area contributed by atoms with E-state index in [2.05, 4.69) is 10.4 Å². The lowest BCUT2D eigenvalue weighted by Crippen LogP contribution is -2.30. The van der Waals surface area contributed by atoms with Gasteiger partial charge in [-0.25, -0.2) is 4.68 Å². The summed E-state index contributed by atoms with van der Waals surface area (Å²) in [5.41, 5.74) is 1.56. The zero-order valence-corrected chi connectivity index (χ0v) is 14.7. The Balaban J connectivity index is 1.77. The quantitative estimate of drug-likeness (QED) is 0.744. The fourth-order valence-corrected chi connectivity index (χ4v) is 2.56. The summed E-state index contributed by atoms with van der Waals surface area (Å²) in [6, 6.07) is 18.3. The molecule has 2 aromatic carbocycles. The maximum Gasteiger partial charge on any atom is 0.266 e. The second-order valence-corrected chi connectivity index (χ2v) is 6.06. The van der Waals surface area contributed by atoms with Crippen molar-refractivity contribution >= 4 is 23.3 Å². The van der Waals surface area contributed by atoms with Crippen LogP contribution in [-0.2, 0) is 4.79 Å². The van der Waals surface area contributed by atoms with E-state index in [1.165, 1.54) is 0 Å². The van der Waals surface area contributed by atoms with Gasteiger partial charge in [-0.15, -0.1) is 0 Å². The van der Waals surface area contributed by atoms with Crippen molar-refractivity contribution in [3.8, 4) is 11.4 Å². The number of para-hydroxylation sites is 1. The smallest absolute Gasteiger partial charge is 0.266 e. The number of rotatable bonds is 5. The molecule has 0 bridgehead atoms. The number of carbonyl (C=O) groups is 1. The standard InChI is InChI=1S/C19H18ClN3O2/c1-13-11-18(23(22-13)16-8-6-7-15(20)12-16)21-19(24)14(2)25-17-9-4-3-5-10-17/h3-12,14H,1-2H3,(H,21,24). The van der Waals surface area contributed by atoms with Crippen LogP contribution in [0.3, 0.4) is 0 Å². The molecule has 0 saturated heterocycles. The zero-order valence-electron chi connectivity index (χ0n) is 13.9. The van der Waals surface area contributed by atoms with E-state index in [1.54, 1.807) is 29.8 Å². The van der Waals surface area contributed by atoms with Crippen LogP contribution < -0.4 is 10.1 Å². The number of ether oxygens (including phenoxy) is 1. The molecule has 0 aliphatic heterocycles. The van der Waals surface area contributed by atoms with Gasteiger partial charge in [-0.05, 0) is 44.2 Å². The highest BCUT2D eigenvalue weighted by molar-refractivity contribution is 6.30. The van der Waals surface area contributed by atoms with Gasteiger partial charge in [-0.3, -0.25) is 4.79 Å². The minimum absolute atomic E-state index is 0.257. The molecule has 0 fully saturated rings. The molecule has 1 amide bonds. The predicted molar refractivity (Wildman–Crippen MR) is 98.5 cm³/mol. The summed E-state index contributed by atoms with van der Waals surface area (Å²) in [4.78, 5) is 12.5. The van der Waals surface area contributed by atoms with Crippen LogP contribution in [0.15, 0.2) is 60.7 Å². The number of hydrogen-bond donors (Lipinski definition) is 1. The van der Waals surface area contributed by atoms with Crippen molar-refractivity contribution in [3.63, 3.8) is 0 Å². The summed E-state index contributed by atoms with van der Waals surface area (Å²) in [6.07, 6.45) is -0.648. The van der Waals surface area contributed by atoms with Crippen LogP contribution in [-0.4, -0.2) is 21.8 Å². The van der Waals surface area contributed by atoms with E-state index in [4.69, 9.17) is 16.3 Å². The molecule has 3 aromatic rings. The Labute approximate surface area is 151 Å². The van der Waals surface area contributed by atoms with Crippen LogP contribution in [0.25, 0.3) is 5.69 Å². The fraction of sp³-hybridized carbons (Fsp3) is 0.158. The Morgan fingerprint density at radius 2 is 1.92 bits per heavy atom. The Morgan fingerprint density at radius 1 is 1.16 bits per heavy atom. The third kappa shape index (κ3) is 4.19. The first kappa shape index (κ1) is 17.0. The van der Waals surface area contributed by atoms with Gasteiger partial charge < -0.3 is 10.1 Å². The molecule has 3 rings (SSSR count). The lowest BCUT2D eigenvalue weighted by atomic mass is 10.3. The molecule has 0 aliphatic rings. The van der Waals surface area contributed by atoms with Gasteiger partial charge in [0.2, 0.25) is 0 Å². The summed E-state index contributed by atoms with van der Waals surface area (Å²) < 4.78 is 7.30. The van der Waals surface area contributed by atoms with E-state index in [-0.39, 0.29) is 5.91 Å². The Morgan fingerprint density at radius 3 is 2.64 bits per heavy atom. The van der Waals surface area contributed by atoms with Gasteiger partial charge in [0, 0.05) is 11.1 Å². The van der Waals surface area contributed by atoms with E-state index >= 15 is 0 Å². The number of aromatic nitrogens is 2. The molecule has 0 aliphatic carbocycles. The normalized spacial score (nSPS) is 11.8. The van der Waals surface area contributed by atoms with Gasteiger partial charge >= 0.3 is 0 Å². The summed E-state index contributed by atoms with van der Waals surface area (Å²) in [5.74, 6) is 0.949. The van der Waals surface area contributed by atoms with Crippen LogP contribution in [0.1, 0.15) is 12.6 Å². The first-order chi connectivity index (χ1) is 12.0. The number of nitrogens with zero attached hydrogens (tertiary/aromatic N) is 2. The summed E-state index contributed by atoms with van der Waals surface area (Å²) >= 11 is 6.05. The number of aryl methyl sites for hydroxylation is 1. The highest BCUT2D eigenvalue weighted by atomic mass is 35.5. The first-order valence-corrected chi connectivity index (χ1v) is 8.26. The average molecular weight is 356 g/mol. The number of nitrogens with one attached hydrogen (secondary N) is 1. The van der Waals surface area contributed by atoms with Crippen LogP contribution in [0.4, 0.5) is 5.82 Å². The minimum atomic E-state index is -0.648. The topological polar surface area (TPSA) is 56.1 Å². The monoisotopic (exact) mass is 355 g/mol. The van der Waals surface area contributed by atoms with Crippen LogP contribution >= 0.6 is 11.6 Å². The molecule has 1 unspecified atom stereocenters. The molecular formula is C19H18ClN3O2. The molecule has 0 spiro atoms. The molecule has 6 heteroatoms. The molecule has 0 radical (unpaired) electrons. The van der Waals surface area contributed by atoms with Crippen molar-refractivity contribution in [1.82, 2.24) is 9.78 Å². The van der Waals surface area contributed by atoms with Crippen LogP contribution in [0.5, 0.6) is 5.75 Å². The van der Waals surface area contributed by atoms with Gasteiger partial charge in [0.1, 0.15) is 11.6 Å². The zero-order chi connectivity index (χ0) is 17.8. The third-order valence-corrected chi connectivity index (χ3v) is 3.80. The predicted octanol–water partition coefficient (Wildman–Crippen LogP) is 4.24. The van der Waals surface area contributed by atoms with Gasteiger partial charge in [-0.2, -0.15) is 5.10 Å². The summed E-state index contributed by atoms with van der Waals surface area (Å²) in [5, 5.41) is 7.88. The SMILES string of the molecule is Cc1cc(NC(=O)C(C)Oc2ccccc2)n(-c2cccc(Cl)c2)n1. The molecule has 0 saturated carbocycles.